The fourth-order valence-corrected chi connectivity index (χ4v) is 2.58. The number of aliphatic carboxylic acids is 1. The van der Waals surface area contributed by atoms with Crippen molar-refractivity contribution in [1.82, 2.24) is 9.36 Å². The molecular formula is C10H13N3O3S. The topological polar surface area (TPSA) is 92.2 Å². The second-order valence-corrected chi connectivity index (χ2v) is 4.93. The Morgan fingerprint density at radius 1 is 1.41 bits per heavy atom. The Morgan fingerprint density at radius 3 is 2.65 bits per heavy atom. The molecule has 1 amide bonds. The van der Waals surface area contributed by atoms with Crippen LogP contribution in [-0.2, 0) is 9.59 Å². The molecule has 2 rings (SSSR count). The van der Waals surface area contributed by atoms with Gasteiger partial charge in [0.05, 0.1) is 5.92 Å². The van der Waals surface area contributed by atoms with Crippen LogP contribution in [0.2, 0.25) is 0 Å². The number of aromatic nitrogens is 2. The molecule has 0 saturated heterocycles. The molecule has 0 bridgehead atoms. The number of nitrogens with one attached hydrogen (secondary N) is 1. The number of carbonyl (C=O) groups excluding carboxylic acids is 1. The molecule has 1 saturated carbocycles. The van der Waals surface area contributed by atoms with Crippen LogP contribution in [0.3, 0.4) is 0 Å². The summed E-state index contributed by atoms with van der Waals surface area (Å²) in [5, 5.41) is 12.0. The third kappa shape index (κ3) is 2.79. The highest BCUT2D eigenvalue weighted by Gasteiger charge is 2.34. The van der Waals surface area contributed by atoms with E-state index in [2.05, 4.69) is 14.7 Å². The van der Waals surface area contributed by atoms with E-state index in [1.807, 2.05) is 0 Å². The molecule has 6 nitrogen and oxygen atoms in total. The number of aryl methyl sites for hydroxylation is 1. The zero-order valence-corrected chi connectivity index (χ0v) is 10.2. The molecule has 7 heteroatoms. The van der Waals surface area contributed by atoms with E-state index < -0.39 is 5.97 Å². The Balaban J connectivity index is 1.91. The second kappa shape index (κ2) is 4.79. The van der Waals surface area contributed by atoms with Crippen molar-refractivity contribution in [3.8, 4) is 0 Å². The van der Waals surface area contributed by atoms with Crippen LogP contribution in [0.4, 0.5) is 5.13 Å². The lowest BCUT2D eigenvalue weighted by Crippen LogP contribution is -2.21. The Hall–Kier alpha value is -1.50. The van der Waals surface area contributed by atoms with Gasteiger partial charge < -0.3 is 10.4 Å². The summed E-state index contributed by atoms with van der Waals surface area (Å²) in [6, 6.07) is 0. The van der Waals surface area contributed by atoms with Crippen molar-refractivity contribution in [2.75, 3.05) is 5.32 Å². The second-order valence-electron chi connectivity index (χ2n) is 4.18. The summed E-state index contributed by atoms with van der Waals surface area (Å²) in [5.41, 5.74) is 0. The zero-order valence-electron chi connectivity index (χ0n) is 9.34. The van der Waals surface area contributed by atoms with Gasteiger partial charge in [0.15, 0.2) is 0 Å². The van der Waals surface area contributed by atoms with Gasteiger partial charge in [0.1, 0.15) is 5.82 Å². The fraction of sp³-hybridized carbons (Fsp3) is 0.600. The number of carbonyl (C=O) groups is 2. The largest absolute Gasteiger partial charge is 0.481 e. The molecule has 1 aliphatic rings. The maximum Gasteiger partial charge on any atom is 0.306 e. The summed E-state index contributed by atoms with van der Waals surface area (Å²) in [6.45, 7) is 1.75. The van der Waals surface area contributed by atoms with E-state index in [1.165, 1.54) is 0 Å². The Bertz CT molecular complexity index is 446. The molecule has 1 aromatic heterocycles. The molecule has 1 aliphatic carbocycles. The first-order chi connectivity index (χ1) is 8.06. The van der Waals surface area contributed by atoms with E-state index in [1.54, 1.807) is 6.92 Å². The molecule has 1 aromatic rings. The highest BCUT2D eigenvalue weighted by Crippen LogP contribution is 2.31. The van der Waals surface area contributed by atoms with Gasteiger partial charge >= 0.3 is 5.97 Å². The molecule has 0 aromatic carbocycles. The van der Waals surface area contributed by atoms with E-state index >= 15 is 0 Å². The quantitative estimate of drug-likeness (QED) is 0.849. The average Bonchev–Trinajstić information content (AvgIpc) is 2.86. The molecule has 1 heterocycles. The molecule has 0 radical (unpaired) electrons. The van der Waals surface area contributed by atoms with Gasteiger partial charge in [-0.05, 0) is 26.2 Å². The number of amides is 1. The summed E-state index contributed by atoms with van der Waals surface area (Å²) in [7, 11) is 0. The van der Waals surface area contributed by atoms with Gasteiger partial charge in [-0.25, -0.2) is 4.98 Å². The third-order valence-electron chi connectivity index (χ3n) is 2.91. The monoisotopic (exact) mass is 255 g/mol. The van der Waals surface area contributed by atoms with Crippen molar-refractivity contribution < 1.29 is 14.7 Å². The van der Waals surface area contributed by atoms with Crippen LogP contribution in [0.15, 0.2) is 0 Å². The van der Waals surface area contributed by atoms with Crippen molar-refractivity contribution in [2.24, 2.45) is 11.8 Å². The Morgan fingerprint density at radius 2 is 2.12 bits per heavy atom. The van der Waals surface area contributed by atoms with Crippen LogP contribution in [0, 0.1) is 18.8 Å². The number of anilines is 1. The molecular weight excluding hydrogens is 242 g/mol. The van der Waals surface area contributed by atoms with E-state index in [4.69, 9.17) is 5.11 Å². The standard InChI is InChI=1S/C10H13N3O3S/c1-5-11-10(17-13-5)12-8(14)6-2-3-7(4-6)9(15)16/h6-7H,2-4H2,1H3,(H,15,16)(H,11,12,13,14)/t6-,7+/m1/s1. The molecule has 1 fully saturated rings. The zero-order chi connectivity index (χ0) is 12.4. The van der Waals surface area contributed by atoms with E-state index in [0.717, 1.165) is 11.5 Å². The molecule has 2 N–H and O–H groups in total. The molecule has 17 heavy (non-hydrogen) atoms. The molecule has 0 unspecified atom stereocenters. The van der Waals surface area contributed by atoms with Crippen LogP contribution in [-0.4, -0.2) is 26.3 Å². The van der Waals surface area contributed by atoms with Crippen LogP contribution >= 0.6 is 11.5 Å². The van der Waals surface area contributed by atoms with Crippen LogP contribution in [0.1, 0.15) is 25.1 Å². The summed E-state index contributed by atoms with van der Waals surface area (Å²) < 4.78 is 3.96. The number of carboxylic acids is 1. The molecule has 0 spiro atoms. The number of nitrogens with zero attached hydrogens (tertiary/aromatic N) is 2. The van der Waals surface area contributed by atoms with Crippen LogP contribution in [0.25, 0.3) is 0 Å². The van der Waals surface area contributed by atoms with Crippen molar-refractivity contribution in [3.05, 3.63) is 5.82 Å². The summed E-state index contributed by atoms with van der Waals surface area (Å²) in [6.07, 6.45) is 1.61. The van der Waals surface area contributed by atoms with Gasteiger partial charge in [-0.2, -0.15) is 4.37 Å². The predicted molar refractivity (Wildman–Crippen MR) is 61.7 cm³/mol. The lowest BCUT2D eigenvalue weighted by atomic mass is 10.0. The highest BCUT2D eigenvalue weighted by atomic mass is 32.1. The summed E-state index contributed by atoms with van der Waals surface area (Å²) >= 11 is 1.13. The van der Waals surface area contributed by atoms with Crippen molar-refractivity contribution in [2.45, 2.75) is 26.2 Å². The summed E-state index contributed by atoms with van der Waals surface area (Å²) in [4.78, 5) is 26.6. The van der Waals surface area contributed by atoms with Crippen molar-refractivity contribution in [1.29, 1.82) is 0 Å². The molecule has 92 valence electrons. The number of rotatable bonds is 3. The van der Waals surface area contributed by atoms with Crippen LogP contribution < -0.4 is 5.32 Å². The van der Waals surface area contributed by atoms with Gasteiger partial charge in [0.2, 0.25) is 11.0 Å². The maximum atomic E-state index is 11.8. The van der Waals surface area contributed by atoms with Gasteiger partial charge in [-0.1, -0.05) is 0 Å². The first kappa shape index (κ1) is 12.0. The SMILES string of the molecule is Cc1nsc(NC(=O)[C@@H]2CC[C@H](C(=O)O)C2)n1. The number of hydrogen-bond acceptors (Lipinski definition) is 5. The first-order valence-corrected chi connectivity index (χ1v) is 6.17. The lowest BCUT2D eigenvalue weighted by Gasteiger charge is -2.07. The third-order valence-corrected chi connectivity index (χ3v) is 3.63. The van der Waals surface area contributed by atoms with Crippen LogP contribution in [0.5, 0.6) is 0 Å². The maximum absolute atomic E-state index is 11.8. The van der Waals surface area contributed by atoms with Gasteiger partial charge in [-0.15, -0.1) is 0 Å². The minimum absolute atomic E-state index is 0.148. The van der Waals surface area contributed by atoms with Crippen molar-refractivity contribution >= 4 is 28.5 Å². The van der Waals surface area contributed by atoms with Crippen molar-refractivity contribution in [3.63, 3.8) is 0 Å². The lowest BCUT2D eigenvalue weighted by molar-refractivity contribution is -0.141. The summed E-state index contributed by atoms with van der Waals surface area (Å²) in [5.74, 6) is -0.945. The average molecular weight is 255 g/mol. The number of hydrogen-bond donors (Lipinski definition) is 2. The highest BCUT2D eigenvalue weighted by molar-refractivity contribution is 7.09. The Kier molecular flexibility index (Phi) is 3.37. The fourth-order valence-electron chi connectivity index (χ4n) is 2.00. The molecule has 0 aliphatic heterocycles. The normalized spacial score (nSPS) is 23.6. The van der Waals surface area contributed by atoms with Gasteiger partial charge in [-0.3, -0.25) is 9.59 Å². The van der Waals surface area contributed by atoms with Gasteiger partial charge in [0.25, 0.3) is 0 Å². The van der Waals surface area contributed by atoms with Gasteiger partial charge in [0, 0.05) is 17.5 Å². The Labute approximate surface area is 102 Å². The minimum atomic E-state index is -0.813. The minimum Gasteiger partial charge on any atom is -0.481 e. The molecule has 2 atom stereocenters. The first-order valence-electron chi connectivity index (χ1n) is 5.40. The van der Waals surface area contributed by atoms with E-state index in [9.17, 15) is 9.59 Å². The van der Waals surface area contributed by atoms with E-state index in [-0.39, 0.29) is 17.7 Å². The van der Waals surface area contributed by atoms with E-state index in [0.29, 0.717) is 30.2 Å². The predicted octanol–water partition coefficient (Wildman–Crippen LogP) is 1.29. The smallest absolute Gasteiger partial charge is 0.306 e. The number of carboxylic acid groups (broad SMARTS) is 1.